The van der Waals surface area contributed by atoms with Gasteiger partial charge in [0.15, 0.2) is 6.29 Å². The molecule has 39 heavy (non-hydrogen) atoms. The fraction of sp³-hybridized carbons (Fsp3) is 0.355. The highest BCUT2D eigenvalue weighted by Crippen LogP contribution is 2.31. The highest BCUT2D eigenvalue weighted by atomic mass is 35.5. The molecule has 0 radical (unpaired) electrons. The van der Waals surface area contributed by atoms with Crippen molar-refractivity contribution in [3.63, 3.8) is 0 Å². The van der Waals surface area contributed by atoms with Gasteiger partial charge in [-0.3, -0.25) is 9.78 Å². The topological polar surface area (TPSA) is 99.4 Å². The predicted molar refractivity (Wildman–Crippen MR) is 155 cm³/mol. The summed E-state index contributed by atoms with van der Waals surface area (Å²) in [6.45, 7) is 6.32. The highest BCUT2D eigenvalue weighted by molar-refractivity contribution is 6.31. The lowest BCUT2D eigenvalue weighted by Gasteiger charge is -2.35. The van der Waals surface area contributed by atoms with E-state index in [4.69, 9.17) is 21.6 Å². The third-order valence-corrected chi connectivity index (χ3v) is 7.24. The Balaban J connectivity index is 1.67. The van der Waals surface area contributed by atoms with Crippen LogP contribution in [0.2, 0.25) is 0 Å². The zero-order valence-corrected chi connectivity index (χ0v) is 23.0. The number of amides is 1. The number of halogens is 1. The van der Waals surface area contributed by atoms with E-state index in [1.165, 1.54) is 0 Å². The van der Waals surface area contributed by atoms with E-state index in [1.54, 1.807) is 18.3 Å². The number of rotatable bonds is 10. The Morgan fingerprint density at radius 3 is 2.74 bits per heavy atom. The first-order valence-corrected chi connectivity index (χ1v) is 13.8. The maximum Gasteiger partial charge on any atom is 0.254 e. The summed E-state index contributed by atoms with van der Waals surface area (Å²) >= 11 is 6.10. The maximum absolute atomic E-state index is 13.7. The van der Waals surface area contributed by atoms with E-state index in [2.05, 4.69) is 11.6 Å². The molecule has 1 atom stereocenters. The van der Waals surface area contributed by atoms with Crippen molar-refractivity contribution in [2.24, 2.45) is 0 Å². The Hall–Kier alpha value is -3.39. The van der Waals surface area contributed by atoms with E-state index >= 15 is 0 Å². The first-order valence-electron chi connectivity index (χ1n) is 13.4. The van der Waals surface area contributed by atoms with Crippen LogP contribution in [0.1, 0.15) is 78.9 Å². The first kappa shape index (κ1) is 28.6. The maximum atomic E-state index is 13.7. The van der Waals surface area contributed by atoms with Crippen LogP contribution in [0.15, 0.2) is 72.4 Å². The summed E-state index contributed by atoms with van der Waals surface area (Å²) in [7, 11) is 0. The number of allylic oxidation sites excluding steroid dienone is 5. The lowest BCUT2D eigenvalue weighted by Crippen LogP contribution is -2.38. The third-order valence-electron chi connectivity index (χ3n) is 6.96. The molecule has 2 aromatic heterocycles. The standard InChI is InChI=1S/C31H35ClN4O3/c1-3-23(32)16-14-21(2)30-26(11-4-5-13-29(37)38)34-27-20-22(15-17-24(27)35-30)31(39)36-19-9-7-12-28(36)25-10-6-8-18-33-25/h3,6,8,10,14-18,20,28-29,37-38H,1,4-5,7,9,11-13,19H2,2H3/b21-14+,23-16+. The summed E-state index contributed by atoms with van der Waals surface area (Å²) < 4.78 is 0. The first-order chi connectivity index (χ1) is 18.9. The SMILES string of the molecule is C=C/C(Cl)=C\C=C(/C)c1nc2ccc(C(=O)N3CCCCC3c3ccccn3)cc2nc1CCCCC(O)O. The van der Waals surface area contributed by atoms with Gasteiger partial charge in [0.05, 0.1) is 34.2 Å². The molecule has 7 nitrogen and oxygen atoms in total. The summed E-state index contributed by atoms with van der Waals surface area (Å²) in [4.78, 5) is 30.0. The molecule has 0 bridgehead atoms. The molecular formula is C31H35ClN4O3. The average Bonchev–Trinajstić information content (AvgIpc) is 2.97. The van der Waals surface area contributed by atoms with Gasteiger partial charge in [-0.25, -0.2) is 9.97 Å². The third kappa shape index (κ3) is 7.38. The van der Waals surface area contributed by atoms with E-state index in [-0.39, 0.29) is 11.9 Å². The number of carbonyl (C=O) groups is 1. The minimum Gasteiger partial charge on any atom is -0.368 e. The molecule has 0 aliphatic carbocycles. The van der Waals surface area contributed by atoms with Gasteiger partial charge < -0.3 is 15.1 Å². The lowest BCUT2D eigenvalue weighted by atomic mass is 9.97. The van der Waals surface area contributed by atoms with Gasteiger partial charge in [-0.15, -0.1) is 0 Å². The van der Waals surface area contributed by atoms with Gasteiger partial charge >= 0.3 is 0 Å². The largest absolute Gasteiger partial charge is 0.368 e. The Bertz CT molecular complexity index is 1370. The van der Waals surface area contributed by atoms with Crippen molar-refractivity contribution in [2.75, 3.05) is 6.54 Å². The molecule has 0 saturated carbocycles. The number of likely N-dealkylation sites (tertiary alicyclic amines) is 1. The molecule has 3 heterocycles. The lowest BCUT2D eigenvalue weighted by molar-refractivity contribution is -0.0465. The number of benzene rings is 1. The second-order valence-electron chi connectivity index (χ2n) is 9.82. The summed E-state index contributed by atoms with van der Waals surface area (Å²) in [6, 6.07) is 11.3. The number of aromatic nitrogens is 3. The second-order valence-corrected chi connectivity index (χ2v) is 10.3. The minimum atomic E-state index is -1.32. The molecule has 4 rings (SSSR count). The molecule has 1 saturated heterocycles. The number of fused-ring (bicyclic) bond motifs is 1. The van der Waals surface area contributed by atoms with Crippen LogP contribution < -0.4 is 0 Å². The highest BCUT2D eigenvalue weighted by Gasteiger charge is 2.29. The van der Waals surface area contributed by atoms with Crippen LogP contribution >= 0.6 is 11.6 Å². The molecule has 204 valence electrons. The predicted octanol–water partition coefficient (Wildman–Crippen LogP) is 6.13. The van der Waals surface area contributed by atoms with E-state index < -0.39 is 6.29 Å². The van der Waals surface area contributed by atoms with Crippen LogP contribution in [0.3, 0.4) is 0 Å². The second kappa shape index (κ2) is 13.6. The van der Waals surface area contributed by atoms with Crippen molar-refractivity contribution >= 4 is 34.1 Å². The molecule has 1 fully saturated rings. The van der Waals surface area contributed by atoms with Crippen molar-refractivity contribution in [2.45, 2.75) is 64.2 Å². The van der Waals surface area contributed by atoms with Crippen LogP contribution in [-0.2, 0) is 6.42 Å². The number of pyridine rings is 1. The monoisotopic (exact) mass is 546 g/mol. The van der Waals surface area contributed by atoms with Crippen molar-refractivity contribution < 1.29 is 15.0 Å². The zero-order valence-electron chi connectivity index (χ0n) is 22.3. The van der Waals surface area contributed by atoms with Crippen LogP contribution in [0, 0.1) is 0 Å². The fourth-order valence-corrected chi connectivity index (χ4v) is 4.97. The van der Waals surface area contributed by atoms with Gasteiger partial charge in [0.25, 0.3) is 5.91 Å². The van der Waals surface area contributed by atoms with Crippen LogP contribution in [0.5, 0.6) is 0 Å². The Morgan fingerprint density at radius 1 is 1.15 bits per heavy atom. The number of hydrogen-bond acceptors (Lipinski definition) is 6. The molecule has 0 spiro atoms. The van der Waals surface area contributed by atoms with E-state index in [0.717, 1.165) is 48.3 Å². The smallest absolute Gasteiger partial charge is 0.254 e. The number of unbranched alkanes of at least 4 members (excludes halogenated alkanes) is 1. The van der Waals surface area contributed by atoms with E-state index in [0.29, 0.717) is 47.4 Å². The van der Waals surface area contributed by atoms with Gasteiger partial charge in [-0.2, -0.15) is 0 Å². The zero-order chi connectivity index (χ0) is 27.8. The van der Waals surface area contributed by atoms with Gasteiger partial charge in [0, 0.05) is 23.3 Å². The van der Waals surface area contributed by atoms with Crippen LogP contribution in [0.25, 0.3) is 16.6 Å². The summed E-state index contributed by atoms with van der Waals surface area (Å²) in [5, 5.41) is 18.9. The van der Waals surface area contributed by atoms with Gasteiger partial charge in [0.2, 0.25) is 0 Å². The van der Waals surface area contributed by atoms with Crippen molar-refractivity contribution in [3.8, 4) is 0 Å². The molecule has 1 aliphatic rings. The molecule has 1 aliphatic heterocycles. The van der Waals surface area contributed by atoms with Gasteiger partial charge in [-0.05, 0) is 93.9 Å². The fourth-order valence-electron chi connectivity index (χ4n) is 4.91. The van der Waals surface area contributed by atoms with Crippen LogP contribution in [0.4, 0.5) is 0 Å². The Morgan fingerprint density at radius 2 is 2.00 bits per heavy atom. The molecule has 3 aromatic rings. The quantitative estimate of drug-likeness (QED) is 0.180. The number of carbonyl (C=O) groups excluding carboxylic acids is 1. The number of nitrogens with zero attached hydrogens (tertiary/aromatic N) is 4. The number of aryl methyl sites for hydroxylation is 1. The molecule has 1 unspecified atom stereocenters. The molecule has 1 aromatic carbocycles. The normalized spacial score (nSPS) is 16.6. The van der Waals surface area contributed by atoms with Crippen LogP contribution in [-0.4, -0.2) is 48.8 Å². The summed E-state index contributed by atoms with van der Waals surface area (Å²) in [5.41, 5.74) is 5.29. The van der Waals surface area contributed by atoms with Gasteiger partial charge in [-0.1, -0.05) is 36.4 Å². The van der Waals surface area contributed by atoms with Crippen molar-refractivity contribution in [1.29, 1.82) is 0 Å². The minimum absolute atomic E-state index is 0.0307. The van der Waals surface area contributed by atoms with Crippen molar-refractivity contribution in [1.82, 2.24) is 19.9 Å². The number of aliphatic hydroxyl groups excluding tert-OH is 1. The van der Waals surface area contributed by atoms with E-state index in [9.17, 15) is 15.0 Å². The Labute approximate surface area is 234 Å². The number of aliphatic hydroxyl groups is 2. The number of hydrogen-bond donors (Lipinski definition) is 2. The molecular weight excluding hydrogens is 512 g/mol. The van der Waals surface area contributed by atoms with E-state index in [1.807, 2.05) is 54.3 Å². The molecule has 1 amide bonds. The summed E-state index contributed by atoms with van der Waals surface area (Å²) in [6.07, 6.45) is 10.9. The Kier molecular flexibility index (Phi) is 9.98. The van der Waals surface area contributed by atoms with Gasteiger partial charge in [0.1, 0.15) is 0 Å². The number of piperidine rings is 1. The average molecular weight is 547 g/mol. The van der Waals surface area contributed by atoms with Crippen molar-refractivity contribution in [3.05, 3.63) is 95.1 Å². The summed E-state index contributed by atoms with van der Waals surface area (Å²) in [5.74, 6) is -0.0307. The molecule has 2 N–H and O–H groups in total. The molecule has 8 heteroatoms.